The average Bonchev–Trinajstić information content (AvgIpc) is 2.90. The normalized spacial score (nSPS) is 18.2. The Bertz CT molecular complexity index is 470. The predicted octanol–water partition coefficient (Wildman–Crippen LogP) is 2.22. The maximum Gasteiger partial charge on any atom is 0.224 e. The Kier molecular flexibility index (Phi) is 4.87. The van der Waals surface area contributed by atoms with E-state index in [4.69, 9.17) is 22.7 Å². The first kappa shape index (κ1) is 14.0. The number of nitrogens with two attached hydrogens (primary N) is 1. The quantitative estimate of drug-likeness (QED) is 0.811. The number of ether oxygens (including phenoxy) is 1. The van der Waals surface area contributed by atoms with Crippen LogP contribution in [0.4, 0.5) is 5.69 Å². The topological polar surface area (TPSA) is 64.3 Å². The van der Waals surface area contributed by atoms with Gasteiger partial charge in [0.05, 0.1) is 6.10 Å². The van der Waals surface area contributed by atoms with Gasteiger partial charge in [-0.3, -0.25) is 4.79 Å². The van der Waals surface area contributed by atoms with E-state index in [9.17, 15) is 4.79 Å². The molecule has 1 amide bonds. The smallest absolute Gasteiger partial charge is 0.224 e. The lowest BCUT2D eigenvalue weighted by Gasteiger charge is -2.10. The molecular weight excluding hydrogens is 260 g/mol. The zero-order valence-electron chi connectivity index (χ0n) is 10.7. The number of thiocarbonyl (C=S) groups is 1. The third kappa shape index (κ3) is 4.29. The Balaban J connectivity index is 1.84. The Morgan fingerprint density at radius 3 is 3.05 bits per heavy atom. The average molecular weight is 278 g/mol. The zero-order valence-corrected chi connectivity index (χ0v) is 11.5. The van der Waals surface area contributed by atoms with Crippen molar-refractivity contribution in [1.29, 1.82) is 0 Å². The molecule has 19 heavy (non-hydrogen) atoms. The van der Waals surface area contributed by atoms with Crippen molar-refractivity contribution in [2.24, 2.45) is 5.73 Å². The first-order chi connectivity index (χ1) is 9.15. The van der Waals surface area contributed by atoms with Crippen molar-refractivity contribution < 1.29 is 9.53 Å². The first-order valence-electron chi connectivity index (χ1n) is 6.46. The van der Waals surface area contributed by atoms with Crippen LogP contribution in [0.2, 0.25) is 0 Å². The summed E-state index contributed by atoms with van der Waals surface area (Å²) in [5.41, 5.74) is 7.04. The largest absolute Gasteiger partial charge is 0.389 e. The highest BCUT2D eigenvalue weighted by atomic mass is 32.1. The van der Waals surface area contributed by atoms with E-state index in [0.29, 0.717) is 11.4 Å². The fraction of sp³-hybridized carbons (Fsp3) is 0.429. The molecule has 0 saturated carbocycles. The fourth-order valence-corrected chi connectivity index (χ4v) is 2.26. The van der Waals surface area contributed by atoms with E-state index in [2.05, 4.69) is 5.32 Å². The van der Waals surface area contributed by atoms with Gasteiger partial charge in [0.15, 0.2) is 0 Å². The molecule has 5 heteroatoms. The molecule has 1 aromatic carbocycles. The number of amides is 1. The van der Waals surface area contributed by atoms with Crippen LogP contribution >= 0.6 is 12.2 Å². The molecule has 4 nitrogen and oxygen atoms in total. The summed E-state index contributed by atoms with van der Waals surface area (Å²) in [6, 6.07) is 7.26. The Hall–Kier alpha value is -1.46. The lowest BCUT2D eigenvalue weighted by molar-refractivity contribution is -0.116. The van der Waals surface area contributed by atoms with Crippen molar-refractivity contribution in [2.75, 3.05) is 11.9 Å². The second-order valence-electron chi connectivity index (χ2n) is 4.67. The van der Waals surface area contributed by atoms with Crippen LogP contribution in [0.15, 0.2) is 24.3 Å². The van der Waals surface area contributed by atoms with E-state index in [1.165, 1.54) is 0 Å². The highest BCUT2D eigenvalue weighted by molar-refractivity contribution is 7.80. The van der Waals surface area contributed by atoms with Gasteiger partial charge in [-0.25, -0.2) is 0 Å². The number of hydrogen-bond acceptors (Lipinski definition) is 3. The molecule has 0 radical (unpaired) electrons. The van der Waals surface area contributed by atoms with Gasteiger partial charge in [0.1, 0.15) is 4.99 Å². The van der Waals surface area contributed by atoms with E-state index in [-0.39, 0.29) is 12.0 Å². The molecule has 1 aliphatic rings. The summed E-state index contributed by atoms with van der Waals surface area (Å²) in [5.74, 6) is -0.00408. The second-order valence-corrected chi connectivity index (χ2v) is 5.11. The monoisotopic (exact) mass is 278 g/mol. The Morgan fingerprint density at radius 2 is 2.37 bits per heavy atom. The third-order valence-electron chi connectivity index (χ3n) is 3.15. The predicted molar refractivity (Wildman–Crippen MR) is 79.2 cm³/mol. The van der Waals surface area contributed by atoms with Crippen molar-refractivity contribution >= 4 is 28.8 Å². The van der Waals surface area contributed by atoms with Gasteiger partial charge in [-0.15, -0.1) is 0 Å². The second kappa shape index (κ2) is 6.63. The third-order valence-corrected chi connectivity index (χ3v) is 3.38. The van der Waals surface area contributed by atoms with Gasteiger partial charge in [-0.05, 0) is 31.4 Å². The number of carbonyl (C=O) groups is 1. The van der Waals surface area contributed by atoms with E-state index in [1.54, 1.807) is 6.07 Å². The molecule has 1 aliphatic heterocycles. The lowest BCUT2D eigenvalue weighted by Crippen LogP contribution is -2.16. The van der Waals surface area contributed by atoms with Crippen LogP contribution in [0.25, 0.3) is 0 Å². The minimum atomic E-state index is -0.00408. The highest BCUT2D eigenvalue weighted by Crippen LogP contribution is 2.17. The minimum absolute atomic E-state index is 0.00408. The number of nitrogens with one attached hydrogen (secondary N) is 1. The first-order valence-corrected chi connectivity index (χ1v) is 6.87. The summed E-state index contributed by atoms with van der Waals surface area (Å²) >= 11 is 4.91. The molecule has 1 fully saturated rings. The molecule has 0 aromatic heterocycles. The van der Waals surface area contributed by atoms with Crippen LogP contribution in [-0.4, -0.2) is 23.6 Å². The summed E-state index contributed by atoms with van der Waals surface area (Å²) in [6.07, 6.45) is 3.66. The Morgan fingerprint density at radius 1 is 1.53 bits per heavy atom. The highest BCUT2D eigenvalue weighted by Gasteiger charge is 2.16. The van der Waals surface area contributed by atoms with Gasteiger partial charge in [-0.2, -0.15) is 0 Å². The van der Waals surface area contributed by atoms with Crippen molar-refractivity contribution in [3.8, 4) is 0 Å². The van der Waals surface area contributed by atoms with Crippen molar-refractivity contribution in [3.05, 3.63) is 29.8 Å². The molecular formula is C14H18N2O2S. The van der Waals surface area contributed by atoms with E-state index in [1.807, 2.05) is 18.2 Å². The zero-order chi connectivity index (χ0) is 13.7. The number of benzene rings is 1. The van der Waals surface area contributed by atoms with Crippen LogP contribution in [-0.2, 0) is 9.53 Å². The van der Waals surface area contributed by atoms with Gasteiger partial charge in [0.25, 0.3) is 0 Å². The van der Waals surface area contributed by atoms with Crippen molar-refractivity contribution in [1.82, 2.24) is 0 Å². The van der Waals surface area contributed by atoms with Crippen LogP contribution in [0.5, 0.6) is 0 Å². The summed E-state index contributed by atoms with van der Waals surface area (Å²) < 4.78 is 5.49. The lowest BCUT2D eigenvalue weighted by atomic mass is 10.1. The van der Waals surface area contributed by atoms with Crippen LogP contribution < -0.4 is 11.1 Å². The summed E-state index contributed by atoms with van der Waals surface area (Å²) in [5, 5.41) is 2.85. The molecule has 0 bridgehead atoms. The maximum atomic E-state index is 11.8. The molecule has 0 spiro atoms. The van der Waals surface area contributed by atoms with Gasteiger partial charge in [0, 0.05) is 24.3 Å². The van der Waals surface area contributed by atoms with Crippen molar-refractivity contribution in [2.45, 2.75) is 31.8 Å². The van der Waals surface area contributed by atoms with E-state index in [0.717, 1.165) is 37.1 Å². The minimum Gasteiger partial charge on any atom is -0.389 e. The summed E-state index contributed by atoms with van der Waals surface area (Å²) in [7, 11) is 0. The molecule has 102 valence electrons. The molecule has 1 heterocycles. The van der Waals surface area contributed by atoms with Crippen LogP contribution in [0, 0.1) is 0 Å². The molecule has 2 rings (SSSR count). The molecule has 1 atom stereocenters. The van der Waals surface area contributed by atoms with Gasteiger partial charge >= 0.3 is 0 Å². The number of anilines is 1. The van der Waals surface area contributed by atoms with Gasteiger partial charge in [0.2, 0.25) is 5.91 Å². The molecule has 0 aliphatic carbocycles. The Labute approximate surface area is 118 Å². The SMILES string of the molecule is NC(=S)c1cccc(NC(=O)CCC2CCCO2)c1. The van der Waals surface area contributed by atoms with Gasteiger partial charge < -0.3 is 15.8 Å². The molecule has 3 N–H and O–H groups in total. The summed E-state index contributed by atoms with van der Waals surface area (Å²) in [6.45, 7) is 0.822. The maximum absolute atomic E-state index is 11.8. The van der Waals surface area contributed by atoms with Crippen LogP contribution in [0.1, 0.15) is 31.2 Å². The van der Waals surface area contributed by atoms with E-state index >= 15 is 0 Å². The molecule has 1 saturated heterocycles. The number of hydrogen-bond donors (Lipinski definition) is 2. The number of rotatable bonds is 5. The van der Waals surface area contributed by atoms with Gasteiger partial charge in [-0.1, -0.05) is 24.4 Å². The van der Waals surface area contributed by atoms with Crippen molar-refractivity contribution in [3.63, 3.8) is 0 Å². The number of carbonyl (C=O) groups excluding carboxylic acids is 1. The standard InChI is InChI=1S/C14H18N2O2S/c15-14(19)10-3-1-4-11(9-10)16-13(17)7-6-12-5-2-8-18-12/h1,3-4,9,12H,2,5-8H2,(H2,15,19)(H,16,17). The fourth-order valence-electron chi connectivity index (χ4n) is 2.14. The van der Waals surface area contributed by atoms with E-state index < -0.39 is 0 Å². The summed E-state index contributed by atoms with van der Waals surface area (Å²) in [4.78, 5) is 12.1. The van der Waals surface area contributed by atoms with Crippen LogP contribution in [0.3, 0.4) is 0 Å². The molecule has 1 aromatic rings. The molecule has 1 unspecified atom stereocenters.